The third kappa shape index (κ3) is 3.60. The summed E-state index contributed by atoms with van der Waals surface area (Å²) in [7, 11) is 2.20. The molecule has 1 fully saturated rings. The van der Waals surface area contributed by atoms with Gasteiger partial charge in [-0.3, -0.25) is 0 Å². The van der Waals surface area contributed by atoms with E-state index in [1.165, 1.54) is 87.5 Å². The monoisotopic (exact) mass is 424 g/mol. The van der Waals surface area contributed by atoms with Crippen LogP contribution in [0.25, 0.3) is 22.4 Å². The van der Waals surface area contributed by atoms with Gasteiger partial charge in [-0.25, -0.2) is 4.57 Å². The van der Waals surface area contributed by atoms with Gasteiger partial charge in [0, 0.05) is 6.07 Å². The predicted molar refractivity (Wildman–Crippen MR) is 137 cm³/mol. The van der Waals surface area contributed by atoms with Gasteiger partial charge in [0.2, 0.25) is 5.69 Å². The molecular formula is C31H38N+. The fourth-order valence-corrected chi connectivity index (χ4v) is 6.11. The number of nitrogens with zero attached hydrogens (tertiary/aromatic N) is 1. The van der Waals surface area contributed by atoms with Crippen molar-refractivity contribution in [3.05, 3.63) is 75.6 Å². The molecule has 32 heavy (non-hydrogen) atoms. The maximum atomic E-state index is 2.49. The van der Waals surface area contributed by atoms with Gasteiger partial charge < -0.3 is 0 Å². The zero-order chi connectivity index (χ0) is 22.6. The van der Waals surface area contributed by atoms with Crippen LogP contribution in [0.1, 0.15) is 104 Å². The van der Waals surface area contributed by atoms with Crippen molar-refractivity contribution in [2.24, 2.45) is 13.0 Å². The molecule has 0 radical (unpaired) electrons. The van der Waals surface area contributed by atoms with Crippen molar-refractivity contribution < 1.29 is 4.57 Å². The second kappa shape index (κ2) is 8.18. The molecule has 2 aromatic carbocycles. The van der Waals surface area contributed by atoms with E-state index in [2.05, 4.69) is 88.8 Å². The van der Waals surface area contributed by atoms with Crippen molar-refractivity contribution in [1.29, 1.82) is 0 Å². The van der Waals surface area contributed by atoms with E-state index in [1.807, 2.05) is 0 Å². The fourth-order valence-electron chi connectivity index (χ4n) is 6.11. The lowest BCUT2D eigenvalue weighted by atomic mass is 9.85. The highest BCUT2D eigenvalue weighted by atomic mass is 14.9. The Bertz CT molecular complexity index is 1220. The van der Waals surface area contributed by atoms with Gasteiger partial charge in [0.1, 0.15) is 7.05 Å². The Morgan fingerprint density at radius 2 is 1.72 bits per heavy atom. The summed E-state index contributed by atoms with van der Waals surface area (Å²) in [6.45, 7) is 11.6. The second-order valence-corrected chi connectivity index (χ2v) is 10.9. The molecule has 0 unspecified atom stereocenters. The Labute approximate surface area is 194 Å². The predicted octanol–water partition coefficient (Wildman–Crippen LogP) is 7.85. The van der Waals surface area contributed by atoms with Crippen LogP contribution < -0.4 is 4.57 Å². The molecule has 1 saturated carbocycles. The molecule has 5 rings (SSSR count). The second-order valence-electron chi connectivity index (χ2n) is 10.9. The van der Waals surface area contributed by atoms with Gasteiger partial charge in [-0.15, -0.1) is 0 Å². The van der Waals surface area contributed by atoms with Gasteiger partial charge in [-0.05, 0) is 75.9 Å². The topological polar surface area (TPSA) is 3.88 Å². The Morgan fingerprint density at radius 1 is 0.969 bits per heavy atom. The Morgan fingerprint density at radius 3 is 2.41 bits per heavy atom. The Balaban J connectivity index is 1.69. The molecule has 1 heteroatoms. The lowest BCUT2D eigenvalue weighted by Crippen LogP contribution is -2.32. The van der Waals surface area contributed by atoms with Crippen molar-refractivity contribution in [3.8, 4) is 0 Å². The number of hydrogen-bond acceptors (Lipinski definition) is 0. The summed E-state index contributed by atoms with van der Waals surface area (Å²) < 4.78 is 2.33. The standard InChI is InChI=1S/C31H38N/c1-19(2)25-16-27(20(3)4)21(5)28(17-25)29-18-26-15-23(13-22-9-7-8-10-22)14-24-11-12-32(6)31(29)30(24)26/h11-12,14-20,22H,7-10,13H2,1-6H3/q+1. The largest absolute Gasteiger partial charge is 0.221 e. The molecule has 0 aliphatic heterocycles. The average molecular weight is 425 g/mol. The zero-order valence-corrected chi connectivity index (χ0v) is 20.8. The van der Waals surface area contributed by atoms with Gasteiger partial charge >= 0.3 is 0 Å². The van der Waals surface area contributed by atoms with Crippen molar-refractivity contribution in [2.75, 3.05) is 0 Å². The molecule has 0 spiro atoms. The van der Waals surface area contributed by atoms with Crippen molar-refractivity contribution >= 4 is 22.4 Å². The molecule has 0 amide bonds. The highest BCUT2D eigenvalue weighted by Crippen LogP contribution is 2.42. The molecule has 1 nitrogen and oxygen atoms in total. The van der Waals surface area contributed by atoms with E-state index in [0.717, 1.165) is 5.92 Å². The number of pyridine rings is 1. The number of aryl methyl sites for hydroxylation is 1. The summed E-state index contributed by atoms with van der Waals surface area (Å²) in [6.07, 6.45) is 11.6. The highest BCUT2D eigenvalue weighted by Gasteiger charge is 2.29. The van der Waals surface area contributed by atoms with Crippen molar-refractivity contribution in [1.82, 2.24) is 0 Å². The summed E-state index contributed by atoms with van der Waals surface area (Å²) >= 11 is 0. The Hall–Kier alpha value is -2.41. The van der Waals surface area contributed by atoms with E-state index in [4.69, 9.17) is 0 Å². The first-order valence-corrected chi connectivity index (χ1v) is 12.7. The molecule has 0 saturated heterocycles. The minimum absolute atomic E-state index is 0.527. The molecule has 0 N–H and O–H groups in total. The summed E-state index contributed by atoms with van der Waals surface area (Å²) in [5, 5.41) is 2.83. The van der Waals surface area contributed by atoms with Crippen LogP contribution in [0.15, 0.2) is 36.5 Å². The number of benzene rings is 2. The molecular weight excluding hydrogens is 386 g/mol. The lowest BCUT2D eigenvalue weighted by molar-refractivity contribution is -0.672. The van der Waals surface area contributed by atoms with E-state index in [0.29, 0.717) is 11.8 Å². The first kappa shape index (κ1) is 21.4. The third-order valence-electron chi connectivity index (χ3n) is 7.93. The van der Waals surface area contributed by atoms with Gasteiger partial charge in [-0.2, -0.15) is 0 Å². The van der Waals surface area contributed by atoms with E-state index in [-0.39, 0.29) is 0 Å². The van der Waals surface area contributed by atoms with Crippen LogP contribution in [-0.4, -0.2) is 0 Å². The van der Waals surface area contributed by atoms with Crippen LogP contribution >= 0.6 is 0 Å². The van der Waals surface area contributed by atoms with E-state index in [1.54, 1.807) is 0 Å². The zero-order valence-electron chi connectivity index (χ0n) is 20.8. The first-order valence-electron chi connectivity index (χ1n) is 12.7. The molecule has 2 aliphatic carbocycles. The first-order chi connectivity index (χ1) is 15.3. The lowest BCUT2D eigenvalue weighted by Gasteiger charge is -2.19. The number of rotatable bonds is 5. The van der Waals surface area contributed by atoms with Crippen LogP contribution in [0.5, 0.6) is 0 Å². The molecule has 0 bridgehead atoms. The minimum Gasteiger partial charge on any atom is -0.200 e. The molecule has 1 heterocycles. The van der Waals surface area contributed by atoms with Crippen LogP contribution in [0.4, 0.5) is 0 Å². The van der Waals surface area contributed by atoms with Gasteiger partial charge in [0.25, 0.3) is 0 Å². The van der Waals surface area contributed by atoms with E-state index < -0.39 is 0 Å². The third-order valence-corrected chi connectivity index (χ3v) is 7.93. The van der Waals surface area contributed by atoms with Crippen LogP contribution in [0.3, 0.4) is 0 Å². The quantitative estimate of drug-likeness (QED) is 0.287. The maximum absolute atomic E-state index is 2.49. The number of aromatic nitrogens is 1. The smallest absolute Gasteiger partial charge is 0.200 e. The highest BCUT2D eigenvalue weighted by molar-refractivity contribution is 6.11. The molecule has 2 aliphatic rings. The van der Waals surface area contributed by atoms with Gasteiger partial charge in [0.15, 0.2) is 6.20 Å². The van der Waals surface area contributed by atoms with Gasteiger partial charge in [-0.1, -0.05) is 77.6 Å². The molecule has 3 aromatic rings. The maximum Gasteiger partial charge on any atom is 0.221 e. The van der Waals surface area contributed by atoms with Gasteiger partial charge in [0.05, 0.1) is 11.0 Å². The van der Waals surface area contributed by atoms with E-state index >= 15 is 0 Å². The normalized spacial score (nSPS) is 16.1. The summed E-state index contributed by atoms with van der Waals surface area (Å²) in [5.41, 5.74) is 11.5. The van der Waals surface area contributed by atoms with E-state index in [9.17, 15) is 0 Å². The summed E-state index contributed by atoms with van der Waals surface area (Å²) in [5.74, 6) is 1.93. The van der Waals surface area contributed by atoms with Crippen molar-refractivity contribution in [3.63, 3.8) is 0 Å². The fraction of sp³-hybridized carbons (Fsp3) is 0.452. The Kier molecular flexibility index (Phi) is 5.48. The summed E-state index contributed by atoms with van der Waals surface area (Å²) in [6, 6.07) is 12.2. The summed E-state index contributed by atoms with van der Waals surface area (Å²) in [4.78, 5) is 0. The average Bonchev–Trinajstić information content (AvgIpc) is 3.39. The SMILES string of the molecule is Cc1c(C2=Cc3cc(CC4CCCC4)cc4cc[n+](C)c2c34)cc(C(C)C)cc1C(C)C. The van der Waals surface area contributed by atoms with Crippen LogP contribution in [-0.2, 0) is 13.5 Å². The van der Waals surface area contributed by atoms with Crippen molar-refractivity contribution in [2.45, 2.75) is 78.6 Å². The minimum atomic E-state index is 0.527. The van der Waals surface area contributed by atoms with Crippen LogP contribution in [0.2, 0.25) is 0 Å². The molecule has 166 valence electrons. The van der Waals surface area contributed by atoms with Crippen LogP contribution in [0, 0.1) is 12.8 Å². The number of hydrogen-bond donors (Lipinski definition) is 0. The molecule has 0 atom stereocenters. The molecule has 1 aromatic heterocycles.